The third-order valence-corrected chi connectivity index (χ3v) is 5.10. The highest BCUT2D eigenvalue weighted by Gasteiger charge is 2.37. The number of carbonyl (C=O) groups is 2. The van der Waals surface area contributed by atoms with Crippen LogP contribution in [-0.2, 0) is 4.79 Å². The van der Waals surface area contributed by atoms with Crippen LogP contribution in [0.5, 0.6) is 5.75 Å². The highest BCUT2D eigenvalue weighted by molar-refractivity contribution is 8.19. The quantitative estimate of drug-likeness (QED) is 0.587. The minimum Gasteiger partial charge on any atom is -0.495 e. The molecule has 1 aliphatic heterocycles. The number of rotatable bonds is 3. The molecule has 4 nitrogen and oxygen atoms in total. The van der Waals surface area contributed by atoms with Crippen molar-refractivity contribution in [2.24, 2.45) is 0 Å². The largest absolute Gasteiger partial charge is 0.495 e. The molecule has 1 saturated heterocycles. The van der Waals surface area contributed by atoms with Crippen molar-refractivity contribution in [3.8, 4) is 5.75 Å². The van der Waals surface area contributed by atoms with Crippen molar-refractivity contribution in [3.63, 3.8) is 0 Å². The summed E-state index contributed by atoms with van der Waals surface area (Å²) in [6.07, 6.45) is 1.53. The van der Waals surface area contributed by atoms with Gasteiger partial charge in [-0.15, -0.1) is 0 Å². The molecule has 25 heavy (non-hydrogen) atoms. The Labute approximate surface area is 163 Å². The van der Waals surface area contributed by atoms with E-state index in [1.807, 2.05) is 0 Å². The maximum absolute atomic E-state index is 12.7. The SMILES string of the molecule is COc1c(Cl)cc(Cl)cc1/C=C1\SC(=O)N(c2ccccc2Cl)C1=O. The summed E-state index contributed by atoms with van der Waals surface area (Å²) in [5.41, 5.74) is 0.843. The average molecular weight is 415 g/mol. The summed E-state index contributed by atoms with van der Waals surface area (Å²) in [4.78, 5) is 26.3. The van der Waals surface area contributed by atoms with E-state index in [1.54, 1.807) is 30.3 Å². The Morgan fingerprint density at radius 1 is 1.08 bits per heavy atom. The zero-order valence-corrected chi connectivity index (χ0v) is 15.8. The van der Waals surface area contributed by atoms with E-state index in [9.17, 15) is 9.59 Å². The van der Waals surface area contributed by atoms with Crippen LogP contribution in [0.1, 0.15) is 5.56 Å². The molecule has 0 radical (unpaired) electrons. The van der Waals surface area contributed by atoms with Gasteiger partial charge in [0.1, 0.15) is 5.75 Å². The zero-order chi connectivity index (χ0) is 18.1. The van der Waals surface area contributed by atoms with Crippen molar-refractivity contribution < 1.29 is 14.3 Å². The molecule has 2 amide bonds. The number of imide groups is 1. The minimum atomic E-state index is -0.471. The van der Waals surface area contributed by atoms with Gasteiger partial charge in [0, 0.05) is 10.6 Å². The number of nitrogens with zero attached hydrogens (tertiary/aromatic N) is 1. The Hall–Kier alpha value is -1.66. The third-order valence-electron chi connectivity index (χ3n) is 3.41. The maximum Gasteiger partial charge on any atom is 0.298 e. The number of para-hydroxylation sites is 1. The van der Waals surface area contributed by atoms with Crippen LogP contribution in [-0.4, -0.2) is 18.3 Å². The second-order valence-corrected chi connectivity index (χ2v) is 7.22. The Kier molecular flexibility index (Phi) is 5.29. The van der Waals surface area contributed by atoms with Crippen molar-refractivity contribution >= 4 is 69.5 Å². The number of anilines is 1. The number of halogens is 3. The fourth-order valence-corrected chi connectivity index (χ4v) is 3.98. The molecular formula is C17H10Cl3NO3S. The molecule has 1 aliphatic rings. The highest BCUT2D eigenvalue weighted by atomic mass is 35.5. The van der Waals surface area contributed by atoms with E-state index in [-0.39, 0.29) is 4.91 Å². The van der Waals surface area contributed by atoms with E-state index < -0.39 is 11.1 Å². The van der Waals surface area contributed by atoms with Crippen LogP contribution < -0.4 is 9.64 Å². The van der Waals surface area contributed by atoms with Crippen molar-refractivity contribution in [1.82, 2.24) is 0 Å². The van der Waals surface area contributed by atoms with E-state index in [1.165, 1.54) is 19.3 Å². The Morgan fingerprint density at radius 2 is 1.80 bits per heavy atom. The van der Waals surface area contributed by atoms with Gasteiger partial charge in [0.2, 0.25) is 0 Å². The Balaban J connectivity index is 2.04. The first-order valence-electron chi connectivity index (χ1n) is 6.98. The van der Waals surface area contributed by atoms with Crippen LogP contribution in [0.3, 0.4) is 0 Å². The van der Waals surface area contributed by atoms with E-state index in [2.05, 4.69) is 0 Å². The van der Waals surface area contributed by atoms with Crippen LogP contribution in [0.2, 0.25) is 15.1 Å². The molecule has 2 aromatic carbocycles. The van der Waals surface area contributed by atoms with Crippen LogP contribution >= 0.6 is 46.6 Å². The molecule has 1 fully saturated rings. The molecule has 0 aromatic heterocycles. The fourth-order valence-electron chi connectivity index (χ4n) is 2.35. The summed E-state index contributed by atoms with van der Waals surface area (Å²) >= 11 is 19.0. The molecule has 8 heteroatoms. The van der Waals surface area contributed by atoms with Crippen LogP contribution in [0.4, 0.5) is 10.5 Å². The Morgan fingerprint density at radius 3 is 2.48 bits per heavy atom. The lowest BCUT2D eigenvalue weighted by atomic mass is 10.1. The third kappa shape index (κ3) is 3.51. The summed E-state index contributed by atoms with van der Waals surface area (Å²) < 4.78 is 5.26. The van der Waals surface area contributed by atoms with Gasteiger partial charge in [-0.1, -0.05) is 46.9 Å². The van der Waals surface area contributed by atoms with Crippen molar-refractivity contribution in [2.75, 3.05) is 12.0 Å². The Bertz CT molecular complexity index is 914. The van der Waals surface area contributed by atoms with Gasteiger partial charge in [-0.3, -0.25) is 9.59 Å². The molecule has 0 aliphatic carbocycles. The number of carbonyl (C=O) groups excluding carboxylic acids is 2. The smallest absolute Gasteiger partial charge is 0.298 e. The van der Waals surface area contributed by atoms with E-state index in [0.29, 0.717) is 32.1 Å². The number of amides is 2. The fraction of sp³-hybridized carbons (Fsp3) is 0.0588. The van der Waals surface area contributed by atoms with Crippen molar-refractivity contribution in [2.45, 2.75) is 0 Å². The summed E-state index contributed by atoms with van der Waals surface area (Å²) in [7, 11) is 1.46. The van der Waals surface area contributed by atoms with Crippen LogP contribution in [0.25, 0.3) is 6.08 Å². The molecule has 0 saturated carbocycles. The highest BCUT2D eigenvalue weighted by Crippen LogP contribution is 2.40. The number of hydrogen-bond acceptors (Lipinski definition) is 4. The first-order valence-corrected chi connectivity index (χ1v) is 8.93. The zero-order valence-electron chi connectivity index (χ0n) is 12.8. The van der Waals surface area contributed by atoms with Gasteiger partial charge in [0.25, 0.3) is 11.1 Å². The second kappa shape index (κ2) is 7.30. The molecule has 0 spiro atoms. The van der Waals surface area contributed by atoms with E-state index in [0.717, 1.165) is 16.7 Å². The predicted molar refractivity (Wildman–Crippen MR) is 103 cm³/mol. The van der Waals surface area contributed by atoms with Gasteiger partial charge in [0.15, 0.2) is 0 Å². The first-order chi connectivity index (χ1) is 11.9. The van der Waals surface area contributed by atoms with Gasteiger partial charge in [-0.25, -0.2) is 4.90 Å². The van der Waals surface area contributed by atoms with Gasteiger partial charge in [-0.05, 0) is 42.1 Å². The van der Waals surface area contributed by atoms with Gasteiger partial charge in [-0.2, -0.15) is 0 Å². The van der Waals surface area contributed by atoms with Gasteiger partial charge < -0.3 is 4.74 Å². The lowest BCUT2D eigenvalue weighted by Crippen LogP contribution is -2.27. The number of methoxy groups -OCH3 is 1. The van der Waals surface area contributed by atoms with Crippen molar-refractivity contribution in [3.05, 3.63) is 61.9 Å². The van der Waals surface area contributed by atoms with Crippen LogP contribution in [0.15, 0.2) is 41.3 Å². The summed E-state index contributed by atoms with van der Waals surface area (Å²) in [6.45, 7) is 0. The van der Waals surface area contributed by atoms with Gasteiger partial charge >= 0.3 is 0 Å². The molecule has 128 valence electrons. The molecular weight excluding hydrogens is 405 g/mol. The standard InChI is InChI=1S/C17H10Cl3NO3S/c1-24-15-9(6-10(18)8-12(15)20)7-14-16(22)21(17(23)25-14)13-5-3-2-4-11(13)19/h2-8H,1H3/b14-7-. The molecule has 0 N–H and O–H groups in total. The lowest BCUT2D eigenvalue weighted by molar-refractivity contribution is -0.113. The second-order valence-electron chi connectivity index (χ2n) is 4.98. The number of benzene rings is 2. The minimum absolute atomic E-state index is 0.224. The summed E-state index contributed by atoms with van der Waals surface area (Å²) in [5, 5.41) is 0.583. The predicted octanol–water partition coefficient (Wildman–Crippen LogP) is 5.90. The maximum atomic E-state index is 12.7. The monoisotopic (exact) mass is 413 g/mol. The molecule has 0 unspecified atom stereocenters. The molecule has 3 rings (SSSR count). The summed E-state index contributed by atoms with van der Waals surface area (Å²) in [6, 6.07) is 9.79. The molecule has 0 bridgehead atoms. The molecule has 2 aromatic rings. The molecule has 0 atom stereocenters. The number of thioether (sulfide) groups is 1. The van der Waals surface area contributed by atoms with Gasteiger partial charge in [0.05, 0.1) is 27.7 Å². The topological polar surface area (TPSA) is 46.6 Å². The van der Waals surface area contributed by atoms with Crippen LogP contribution in [0, 0.1) is 0 Å². The normalized spacial score (nSPS) is 16.0. The van der Waals surface area contributed by atoms with Crippen molar-refractivity contribution in [1.29, 1.82) is 0 Å². The average Bonchev–Trinajstić information content (AvgIpc) is 2.82. The summed E-state index contributed by atoms with van der Waals surface area (Å²) in [5.74, 6) is -0.100. The molecule has 1 heterocycles. The lowest BCUT2D eigenvalue weighted by Gasteiger charge is -2.13. The number of ether oxygens (including phenoxy) is 1. The number of hydrogen-bond donors (Lipinski definition) is 0. The van der Waals surface area contributed by atoms with E-state index in [4.69, 9.17) is 39.5 Å². The first kappa shape index (κ1) is 18.1. The van der Waals surface area contributed by atoms with E-state index >= 15 is 0 Å².